The zero-order valence-corrected chi connectivity index (χ0v) is 17.9. The Morgan fingerprint density at radius 2 is 1.76 bits per heavy atom. The largest absolute Gasteiger partial charge is 0.473 e. The number of nitrogens with zero attached hydrogens (tertiary/aromatic N) is 1. The minimum atomic E-state index is -0.751. The highest BCUT2D eigenvalue weighted by Crippen LogP contribution is 2.37. The zero-order chi connectivity index (χ0) is 21.2. The molecule has 3 rings (SSSR count). The van der Waals surface area contributed by atoms with Crippen molar-refractivity contribution in [1.29, 1.82) is 0 Å². The molecule has 0 bridgehead atoms. The van der Waals surface area contributed by atoms with Gasteiger partial charge in [0.25, 0.3) is 5.91 Å². The molecule has 2 aromatic rings. The van der Waals surface area contributed by atoms with Crippen LogP contribution in [0.3, 0.4) is 0 Å². The van der Waals surface area contributed by atoms with Crippen molar-refractivity contribution in [2.75, 3.05) is 13.3 Å². The van der Waals surface area contributed by atoms with E-state index >= 15 is 0 Å². The van der Waals surface area contributed by atoms with Gasteiger partial charge in [0.05, 0.1) is 11.1 Å². The number of halogens is 2. The van der Waals surface area contributed by atoms with E-state index < -0.39 is 11.5 Å². The Labute approximate surface area is 179 Å². The molecule has 1 amide bonds. The first-order valence-electron chi connectivity index (χ1n) is 9.03. The Balaban J connectivity index is 2.03. The van der Waals surface area contributed by atoms with E-state index in [-0.39, 0.29) is 19.2 Å². The number of carbonyl (C=O) groups excluding carboxylic acids is 2. The van der Waals surface area contributed by atoms with Crippen LogP contribution in [0, 0.1) is 0 Å². The fourth-order valence-corrected chi connectivity index (χ4v) is 3.70. The summed E-state index contributed by atoms with van der Waals surface area (Å²) in [5.74, 6) is -0.351. The SMILES string of the molecule is CC(=O)OCC1=C(c2ccccc2)C(=O)N(C(C)(C)c2cc(Cl)cc(Cl)c2)CO1. The summed E-state index contributed by atoms with van der Waals surface area (Å²) in [6, 6.07) is 14.4. The van der Waals surface area contributed by atoms with Gasteiger partial charge in [-0.15, -0.1) is 0 Å². The van der Waals surface area contributed by atoms with Gasteiger partial charge < -0.3 is 9.47 Å². The number of amides is 1. The quantitative estimate of drug-likeness (QED) is 0.621. The number of ether oxygens (including phenoxy) is 2. The number of hydrogen-bond donors (Lipinski definition) is 0. The van der Waals surface area contributed by atoms with E-state index in [2.05, 4.69) is 0 Å². The fourth-order valence-electron chi connectivity index (χ4n) is 3.18. The molecule has 0 N–H and O–H groups in total. The van der Waals surface area contributed by atoms with Crippen molar-refractivity contribution >= 4 is 40.7 Å². The molecule has 152 valence electrons. The molecule has 0 fully saturated rings. The van der Waals surface area contributed by atoms with Crippen LogP contribution < -0.4 is 0 Å². The predicted octanol–water partition coefficient (Wildman–Crippen LogP) is 5.02. The van der Waals surface area contributed by atoms with Gasteiger partial charge in [-0.05, 0) is 43.2 Å². The van der Waals surface area contributed by atoms with E-state index in [0.717, 1.165) is 5.56 Å². The fraction of sp³-hybridized carbons (Fsp3) is 0.273. The average Bonchev–Trinajstić information content (AvgIpc) is 2.66. The maximum Gasteiger partial charge on any atom is 0.303 e. The van der Waals surface area contributed by atoms with Crippen LogP contribution in [-0.2, 0) is 24.6 Å². The van der Waals surface area contributed by atoms with Crippen LogP contribution in [0.15, 0.2) is 54.3 Å². The first-order valence-corrected chi connectivity index (χ1v) is 9.79. The predicted molar refractivity (Wildman–Crippen MR) is 112 cm³/mol. The zero-order valence-electron chi connectivity index (χ0n) is 16.4. The lowest BCUT2D eigenvalue weighted by atomic mass is 9.90. The van der Waals surface area contributed by atoms with E-state index in [1.165, 1.54) is 6.92 Å². The van der Waals surface area contributed by atoms with Crippen LogP contribution >= 0.6 is 23.2 Å². The third-order valence-electron chi connectivity index (χ3n) is 4.82. The molecule has 0 aromatic heterocycles. The maximum atomic E-state index is 13.6. The van der Waals surface area contributed by atoms with Crippen molar-refractivity contribution in [3.63, 3.8) is 0 Å². The van der Waals surface area contributed by atoms with Crippen LogP contribution in [-0.4, -0.2) is 30.1 Å². The minimum absolute atomic E-state index is 0.00287. The van der Waals surface area contributed by atoms with E-state index in [4.69, 9.17) is 32.7 Å². The van der Waals surface area contributed by atoms with Gasteiger partial charge in [0, 0.05) is 17.0 Å². The second-order valence-corrected chi connectivity index (χ2v) is 8.04. The highest BCUT2D eigenvalue weighted by atomic mass is 35.5. The Hall–Kier alpha value is -2.50. The van der Waals surface area contributed by atoms with Crippen LogP contribution in [0.2, 0.25) is 10.0 Å². The molecule has 0 saturated heterocycles. The second kappa shape index (κ2) is 8.47. The minimum Gasteiger partial charge on any atom is -0.473 e. The lowest BCUT2D eigenvalue weighted by Gasteiger charge is -2.42. The Kier molecular flexibility index (Phi) is 6.20. The van der Waals surface area contributed by atoms with Gasteiger partial charge in [-0.3, -0.25) is 14.5 Å². The monoisotopic (exact) mass is 433 g/mol. The lowest BCUT2D eigenvalue weighted by molar-refractivity contribution is -0.146. The molecule has 0 saturated carbocycles. The molecule has 0 unspecified atom stereocenters. The van der Waals surface area contributed by atoms with E-state index in [9.17, 15) is 9.59 Å². The second-order valence-electron chi connectivity index (χ2n) is 7.17. The van der Waals surface area contributed by atoms with Crippen molar-refractivity contribution in [3.05, 3.63) is 75.5 Å². The summed E-state index contributed by atoms with van der Waals surface area (Å²) in [5, 5.41) is 0.973. The molecule has 1 aliphatic rings. The van der Waals surface area contributed by atoms with Gasteiger partial charge in [-0.1, -0.05) is 53.5 Å². The average molecular weight is 434 g/mol. The Bertz CT molecular complexity index is 950. The van der Waals surface area contributed by atoms with Crippen LogP contribution in [0.1, 0.15) is 31.9 Å². The summed E-state index contributed by atoms with van der Waals surface area (Å²) >= 11 is 12.3. The number of carbonyl (C=O) groups is 2. The molecule has 1 heterocycles. The highest BCUT2D eigenvalue weighted by molar-refractivity contribution is 6.34. The molecule has 0 radical (unpaired) electrons. The lowest BCUT2D eigenvalue weighted by Crippen LogP contribution is -2.49. The summed E-state index contributed by atoms with van der Waals surface area (Å²) in [7, 11) is 0. The summed E-state index contributed by atoms with van der Waals surface area (Å²) < 4.78 is 11.0. The highest BCUT2D eigenvalue weighted by Gasteiger charge is 2.39. The first kappa shape index (κ1) is 21.2. The van der Waals surface area contributed by atoms with Gasteiger partial charge in [0.1, 0.15) is 12.4 Å². The smallest absolute Gasteiger partial charge is 0.303 e. The van der Waals surface area contributed by atoms with Crippen molar-refractivity contribution in [3.8, 4) is 0 Å². The van der Waals surface area contributed by atoms with Crippen molar-refractivity contribution in [1.82, 2.24) is 4.90 Å². The van der Waals surface area contributed by atoms with Crippen LogP contribution in [0.4, 0.5) is 0 Å². The standard InChI is InChI=1S/C22H21Cl2NO4/c1-14(26)28-12-19-20(15-7-5-4-6-8-15)21(27)25(13-29-19)22(2,3)16-9-17(23)11-18(24)10-16/h4-11H,12-13H2,1-3H3. The summed E-state index contributed by atoms with van der Waals surface area (Å²) in [6.07, 6.45) is 0. The Morgan fingerprint density at radius 3 is 2.34 bits per heavy atom. The number of hydrogen-bond acceptors (Lipinski definition) is 4. The normalized spacial score (nSPS) is 14.7. The topological polar surface area (TPSA) is 55.8 Å². The molecule has 1 aliphatic heterocycles. The first-order chi connectivity index (χ1) is 13.7. The van der Waals surface area contributed by atoms with Crippen molar-refractivity contribution in [2.24, 2.45) is 0 Å². The number of esters is 1. The molecule has 0 aliphatic carbocycles. The molecule has 2 aromatic carbocycles. The van der Waals surface area contributed by atoms with E-state index in [0.29, 0.717) is 26.9 Å². The molecule has 0 spiro atoms. The van der Waals surface area contributed by atoms with Crippen molar-refractivity contribution < 1.29 is 19.1 Å². The van der Waals surface area contributed by atoms with Gasteiger partial charge in [-0.25, -0.2) is 0 Å². The van der Waals surface area contributed by atoms with Crippen LogP contribution in [0.25, 0.3) is 5.57 Å². The van der Waals surface area contributed by atoms with E-state index in [1.54, 1.807) is 23.1 Å². The molecule has 0 atom stereocenters. The number of rotatable bonds is 5. The van der Waals surface area contributed by atoms with Gasteiger partial charge in [0.15, 0.2) is 6.73 Å². The summed E-state index contributed by atoms with van der Waals surface area (Å²) in [5.41, 5.74) is 1.07. The summed E-state index contributed by atoms with van der Waals surface area (Å²) in [4.78, 5) is 26.4. The molecule has 29 heavy (non-hydrogen) atoms. The maximum absolute atomic E-state index is 13.6. The van der Waals surface area contributed by atoms with Gasteiger partial charge in [0.2, 0.25) is 0 Å². The van der Waals surface area contributed by atoms with Crippen LogP contribution in [0.5, 0.6) is 0 Å². The summed E-state index contributed by atoms with van der Waals surface area (Å²) in [6.45, 7) is 5.00. The van der Waals surface area contributed by atoms with Gasteiger partial charge >= 0.3 is 5.97 Å². The van der Waals surface area contributed by atoms with Crippen molar-refractivity contribution in [2.45, 2.75) is 26.3 Å². The number of benzene rings is 2. The third-order valence-corrected chi connectivity index (χ3v) is 5.25. The Morgan fingerprint density at radius 1 is 1.14 bits per heavy atom. The molecule has 5 nitrogen and oxygen atoms in total. The molecular weight excluding hydrogens is 413 g/mol. The van der Waals surface area contributed by atoms with E-state index in [1.807, 2.05) is 44.2 Å². The third kappa shape index (κ3) is 4.57. The molecular formula is C22H21Cl2NO4. The molecule has 7 heteroatoms. The van der Waals surface area contributed by atoms with Gasteiger partial charge in [-0.2, -0.15) is 0 Å².